The zero-order chi connectivity index (χ0) is 5.86. The van der Waals surface area contributed by atoms with Crippen LogP contribution in [0.4, 0.5) is 0 Å². The Hall–Kier alpha value is 0.300. The van der Waals surface area contributed by atoms with E-state index in [-0.39, 0.29) is 0 Å². The molecule has 0 fully saturated rings. The lowest BCUT2D eigenvalue weighted by molar-refractivity contribution is 0.679. The smallest absolute Gasteiger partial charge is 0.110 e. The summed E-state index contributed by atoms with van der Waals surface area (Å²) in [5, 5.41) is 0. The molecule has 0 saturated carbocycles. The van der Waals surface area contributed by atoms with Crippen molar-refractivity contribution < 1.29 is 8.42 Å². The first-order chi connectivity index (χ1) is 3.18. The summed E-state index contributed by atoms with van der Waals surface area (Å²) in [6.07, 6.45) is 1.44. The highest BCUT2D eigenvalue weighted by Crippen LogP contribution is 1.83. The fourth-order valence-corrected chi connectivity index (χ4v) is 1.49. The summed E-state index contributed by atoms with van der Waals surface area (Å²) >= 11 is 0. The predicted octanol–water partition coefficient (Wildman–Crippen LogP) is 0.0485. The topological polar surface area (TPSA) is 34.1 Å². The SMILES string of the molecule is CCS(=O)S(C)=O. The van der Waals surface area contributed by atoms with Crippen LogP contribution in [0.3, 0.4) is 0 Å². The van der Waals surface area contributed by atoms with Gasteiger partial charge in [-0.1, -0.05) is 6.92 Å². The Morgan fingerprint density at radius 3 is 1.86 bits per heavy atom. The maximum absolute atomic E-state index is 10.3. The molecule has 0 aliphatic rings. The Labute approximate surface area is 47.6 Å². The zero-order valence-electron chi connectivity index (χ0n) is 4.34. The molecule has 0 bridgehead atoms. The van der Waals surface area contributed by atoms with Crippen LogP contribution in [-0.4, -0.2) is 20.4 Å². The van der Waals surface area contributed by atoms with Gasteiger partial charge in [0.2, 0.25) is 0 Å². The van der Waals surface area contributed by atoms with Crippen LogP contribution in [0.15, 0.2) is 0 Å². The predicted molar refractivity (Wildman–Crippen MR) is 32.7 cm³/mol. The second-order valence-corrected chi connectivity index (χ2v) is 5.50. The van der Waals surface area contributed by atoms with Gasteiger partial charge in [-0.2, -0.15) is 0 Å². The van der Waals surface area contributed by atoms with Gasteiger partial charge in [0, 0.05) is 12.0 Å². The minimum atomic E-state index is -1.14. The second kappa shape index (κ2) is 3.32. The van der Waals surface area contributed by atoms with Crippen LogP contribution >= 0.6 is 0 Å². The summed E-state index contributed by atoms with van der Waals surface area (Å²) in [6, 6.07) is 0. The van der Waals surface area contributed by atoms with Crippen LogP contribution in [-0.2, 0) is 19.7 Å². The largest absolute Gasteiger partial charge is 0.246 e. The van der Waals surface area contributed by atoms with Crippen LogP contribution in [0.25, 0.3) is 0 Å². The minimum Gasteiger partial charge on any atom is -0.246 e. The molecule has 0 aliphatic carbocycles. The Morgan fingerprint density at radius 2 is 1.86 bits per heavy atom. The maximum atomic E-state index is 10.3. The van der Waals surface area contributed by atoms with Crippen LogP contribution in [0, 0.1) is 0 Å². The molecule has 0 aromatic carbocycles. The van der Waals surface area contributed by atoms with Crippen molar-refractivity contribution in [1.29, 1.82) is 0 Å². The van der Waals surface area contributed by atoms with E-state index in [0.717, 1.165) is 0 Å². The van der Waals surface area contributed by atoms with Gasteiger partial charge in [0.25, 0.3) is 0 Å². The van der Waals surface area contributed by atoms with E-state index in [1.165, 1.54) is 6.26 Å². The van der Waals surface area contributed by atoms with Gasteiger partial charge in [-0.15, -0.1) is 0 Å². The molecule has 2 unspecified atom stereocenters. The van der Waals surface area contributed by atoms with Gasteiger partial charge >= 0.3 is 0 Å². The van der Waals surface area contributed by atoms with E-state index < -0.39 is 19.7 Å². The zero-order valence-corrected chi connectivity index (χ0v) is 5.97. The third-order valence-electron chi connectivity index (χ3n) is 0.497. The van der Waals surface area contributed by atoms with Crippen LogP contribution in [0.1, 0.15) is 6.92 Å². The van der Waals surface area contributed by atoms with Crippen molar-refractivity contribution in [2.45, 2.75) is 6.92 Å². The van der Waals surface area contributed by atoms with E-state index in [0.29, 0.717) is 5.75 Å². The molecule has 0 N–H and O–H groups in total. The Morgan fingerprint density at radius 1 is 1.43 bits per heavy atom. The molecule has 0 rings (SSSR count). The quantitative estimate of drug-likeness (QED) is 0.508. The molecule has 0 aromatic rings. The lowest BCUT2D eigenvalue weighted by Crippen LogP contribution is -1.98. The van der Waals surface area contributed by atoms with Crippen molar-refractivity contribution in [3.8, 4) is 0 Å². The molecule has 44 valence electrons. The highest BCUT2D eigenvalue weighted by molar-refractivity contribution is 8.60. The van der Waals surface area contributed by atoms with E-state index >= 15 is 0 Å². The average molecular weight is 140 g/mol. The van der Waals surface area contributed by atoms with Gasteiger partial charge in [0.15, 0.2) is 0 Å². The van der Waals surface area contributed by atoms with Gasteiger partial charge in [0.1, 0.15) is 19.7 Å². The highest BCUT2D eigenvalue weighted by atomic mass is 33.1. The first-order valence-corrected chi connectivity index (χ1v) is 5.30. The first-order valence-electron chi connectivity index (χ1n) is 1.90. The maximum Gasteiger partial charge on any atom is 0.110 e. The van der Waals surface area contributed by atoms with E-state index in [1.54, 1.807) is 6.92 Å². The van der Waals surface area contributed by atoms with Crippen LogP contribution in [0.2, 0.25) is 0 Å². The molecule has 2 atom stereocenters. The molecule has 0 radical (unpaired) electrons. The van der Waals surface area contributed by atoms with Crippen molar-refractivity contribution in [3.05, 3.63) is 0 Å². The number of hydrogen-bond acceptors (Lipinski definition) is 2. The van der Waals surface area contributed by atoms with E-state index in [1.807, 2.05) is 0 Å². The summed E-state index contributed by atoms with van der Waals surface area (Å²) in [5.41, 5.74) is 0. The van der Waals surface area contributed by atoms with Gasteiger partial charge in [-0.25, -0.2) is 8.42 Å². The normalized spacial score (nSPS) is 18.6. The molecular weight excluding hydrogens is 132 g/mol. The summed E-state index contributed by atoms with van der Waals surface area (Å²) in [4.78, 5) is 0. The van der Waals surface area contributed by atoms with E-state index in [9.17, 15) is 8.42 Å². The lowest BCUT2D eigenvalue weighted by Gasteiger charge is -1.85. The third kappa shape index (κ3) is 2.93. The van der Waals surface area contributed by atoms with Gasteiger partial charge < -0.3 is 0 Å². The highest BCUT2D eigenvalue weighted by Gasteiger charge is 1.95. The van der Waals surface area contributed by atoms with E-state index in [4.69, 9.17) is 0 Å². The minimum absolute atomic E-state index is 0.489. The van der Waals surface area contributed by atoms with Crippen LogP contribution < -0.4 is 0 Å². The van der Waals surface area contributed by atoms with Crippen molar-refractivity contribution >= 4 is 19.7 Å². The Bertz CT molecular complexity index is 99.1. The molecule has 0 amide bonds. The third-order valence-corrected chi connectivity index (χ3v) is 3.77. The van der Waals surface area contributed by atoms with Gasteiger partial charge in [0.05, 0.1) is 0 Å². The molecule has 0 spiro atoms. The Balaban J connectivity index is 3.58. The molecule has 0 aromatic heterocycles. The van der Waals surface area contributed by atoms with Crippen molar-refractivity contribution in [2.75, 3.05) is 12.0 Å². The molecule has 7 heavy (non-hydrogen) atoms. The Kier molecular flexibility index (Phi) is 3.46. The summed E-state index contributed by atoms with van der Waals surface area (Å²) < 4.78 is 20.5. The second-order valence-electron chi connectivity index (χ2n) is 0.994. The fraction of sp³-hybridized carbons (Fsp3) is 1.00. The van der Waals surface area contributed by atoms with Crippen LogP contribution in [0.5, 0.6) is 0 Å². The van der Waals surface area contributed by atoms with E-state index in [2.05, 4.69) is 0 Å². The standard InChI is InChI=1S/C3H8O2S2/c1-3-7(5)6(2)4/h3H2,1-2H3. The molecule has 4 heteroatoms. The lowest BCUT2D eigenvalue weighted by atomic mass is 11.0. The van der Waals surface area contributed by atoms with Crippen molar-refractivity contribution in [3.63, 3.8) is 0 Å². The van der Waals surface area contributed by atoms with Gasteiger partial charge in [-0.05, 0) is 0 Å². The van der Waals surface area contributed by atoms with Crippen molar-refractivity contribution in [2.24, 2.45) is 0 Å². The molecular formula is C3H8O2S2. The fourth-order valence-electron chi connectivity index (χ4n) is 0.166. The monoisotopic (exact) mass is 140 g/mol. The summed E-state index contributed by atoms with van der Waals surface area (Å²) in [5.74, 6) is 0.489. The summed E-state index contributed by atoms with van der Waals surface area (Å²) in [6.45, 7) is 1.75. The average Bonchev–Trinajstić information content (AvgIpc) is 1.65. The van der Waals surface area contributed by atoms with Gasteiger partial charge in [-0.3, -0.25) is 0 Å². The molecule has 0 saturated heterocycles. The summed E-state index contributed by atoms with van der Waals surface area (Å²) in [7, 11) is -2.24. The first kappa shape index (κ1) is 7.30. The number of hydrogen-bond donors (Lipinski definition) is 0. The molecule has 0 heterocycles. The molecule has 2 nitrogen and oxygen atoms in total. The molecule has 0 aliphatic heterocycles. The number of rotatable bonds is 2. The van der Waals surface area contributed by atoms with Crippen molar-refractivity contribution in [1.82, 2.24) is 0 Å².